The third-order valence-electron chi connectivity index (χ3n) is 3.30. The summed E-state index contributed by atoms with van der Waals surface area (Å²) in [5.41, 5.74) is 0.425. The van der Waals surface area contributed by atoms with Crippen LogP contribution in [0, 0.1) is 6.92 Å². The highest BCUT2D eigenvalue weighted by molar-refractivity contribution is 7.92. The summed E-state index contributed by atoms with van der Waals surface area (Å²) in [6.45, 7) is 1.74. The van der Waals surface area contributed by atoms with Crippen molar-refractivity contribution < 1.29 is 17.9 Å². The molecule has 136 valence electrons. The average Bonchev–Trinajstić information content (AvgIpc) is 3.02. The van der Waals surface area contributed by atoms with Crippen LogP contribution in [0.25, 0.3) is 5.78 Å². The first kappa shape index (κ1) is 18.4. The van der Waals surface area contributed by atoms with Crippen LogP contribution in [0.1, 0.15) is 16.1 Å². The Morgan fingerprint density at radius 1 is 1.23 bits per heavy atom. The number of halogens is 2. The number of nitrogens with one attached hydrogen (secondary N) is 1. The summed E-state index contributed by atoms with van der Waals surface area (Å²) in [6, 6.07) is 4.29. The van der Waals surface area contributed by atoms with Crippen molar-refractivity contribution in [1.29, 1.82) is 0 Å². The molecule has 0 atom stereocenters. The number of fused-ring (bicyclic) bond motifs is 1. The summed E-state index contributed by atoms with van der Waals surface area (Å²) >= 11 is 12.1. The Hall–Kier alpha value is -2.43. The van der Waals surface area contributed by atoms with E-state index in [-0.39, 0.29) is 27.1 Å². The van der Waals surface area contributed by atoms with Crippen molar-refractivity contribution in [3.8, 4) is 0 Å². The van der Waals surface area contributed by atoms with Gasteiger partial charge in [-0.2, -0.15) is 13.4 Å². The highest BCUT2D eigenvalue weighted by Crippen LogP contribution is 2.35. The van der Waals surface area contributed by atoms with E-state index in [9.17, 15) is 13.2 Å². The van der Waals surface area contributed by atoms with E-state index in [4.69, 9.17) is 23.2 Å². The molecule has 0 unspecified atom stereocenters. The van der Waals surface area contributed by atoms with Crippen molar-refractivity contribution in [2.45, 2.75) is 12.1 Å². The van der Waals surface area contributed by atoms with Crippen molar-refractivity contribution >= 4 is 50.7 Å². The molecular formula is C14H11Cl2N5O4S. The number of benzene rings is 1. The Kier molecular flexibility index (Phi) is 4.74. The lowest BCUT2D eigenvalue weighted by atomic mass is 10.2. The number of esters is 1. The Balaban J connectivity index is 2.05. The van der Waals surface area contributed by atoms with Gasteiger partial charge in [0.25, 0.3) is 21.0 Å². The maximum Gasteiger partial charge on any atom is 0.339 e. The molecule has 0 fully saturated rings. The van der Waals surface area contributed by atoms with Crippen molar-refractivity contribution in [2.24, 2.45) is 0 Å². The molecule has 0 aliphatic heterocycles. The van der Waals surface area contributed by atoms with Gasteiger partial charge in [-0.05, 0) is 25.1 Å². The lowest BCUT2D eigenvalue weighted by molar-refractivity contribution is 0.0601. The molecular weight excluding hydrogens is 405 g/mol. The summed E-state index contributed by atoms with van der Waals surface area (Å²) in [5, 5.41) is 3.13. The first-order valence-electron chi connectivity index (χ1n) is 7.02. The second kappa shape index (κ2) is 6.71. The molecule has 0 amide bonds. The monoisotopic (exact) mass is 415 g/mol. The number of ether oxygens (including phenoxy) is 1. The van der Waals surface area contributed by atoms with E-state index in [1.807, 2.05) is 0 Å². The van der Waals surface area contributed by atoms with Crippen LogP contribution in [-0.4, -0.2) is 41.1 Å². The molecule has 26 heavy (non-hydrogen) atoms. The molecule has 3 rings (SSSR count). The van der Waals surface area contributed by atoms with Gasteiger partial charge < -0.3 is 4.74 Å². The number of hydrogen-bond donors (Lipinski definition) is 1. The minimum Gasteiger partial charge on any atom is -0.465 e. The molecule has 2 heterocycles. The predicted molar refractivity (Wildman–Crippen MR) is 94.1 cm³/mol. The number of methoxy groups -OCH3 is 1. The normalized spacial score (nSPS) is 11.5. The SMILES string of the molecule is COC(=O)c1ccc(Cl)c(NS(=O)(=O)c2nc3nc(C)ccn3n2)c1Cl. The van der Waals surface area contributed by atoms with Crippen LogP contribution >= 0.6 is 23.2 Å². The number of aromatic nitrogens is 4. The largest absolute Gasteiger partial charge is 0.465 e. The molecule has 0 saturated heterocycles. The van der Waals surface area contributed by atoms with Gasteiger partial charge >= 0.3 is 5.97 Å². The molecule has 12 heteroatoms. The summed E-state index contributed by atoms with van der Waals surface area (Å²) in [5.74, 6) is -0.622. The lowest BCUT2D eigenvalue weighted by Crippen LogP contribution is -2.16. The third-order valence-corrected chi connectivity index (χ3v) is 5.13. The van der Waals surface area contributed by atoms with Crippen LogP contribution in [-0.2, 0) is 14.8 Å². The van der Waals surface area contributed by atoms with E-state index < -0.39 is 21.1 Å². The summed E-state index contributed by atoms with van der Waals surface area (Å²) in [7, 11) is -3.06. The van der Waals surface area contributed by atoms with Gasteiger partial charge in [-0.25, -0.2) is 14.3 Å². The smallest absolute Gasteiger partial charge is 0.339 e. The Morgan fingerprint density at radius 2 is 1.96 bits per heavy atom. The highest BCUT2D eigenvalue weighted by atomic mass is 35.5. The van der Waals surface area contributed by atoms with Crippen LogP contribution in [0.3, 0.4) is 0 Å². The molecule has 0 saturated carbocycles. The minimum absolute atomic E-state index is 0.0102. The predicted octanol–water partition coefficient (Wildman–Crippen LogP) is 2.33. The number of hydrogen-bond acceptors (Lipinski definition) is 7. The molecule has 1 aromatic carbocycles. The number of aryl methyl sites for hydroxylation is 1. The van der Waals surface area contributed by atoms with E-state index in [1.54, 1.807) is 13.0 Å². The Labute approximate surface area is 158 Å². The quantitative estimate of drug-likeness (QED) is 0.649. The third kappa shape index (κ3) is 3.30. The van der Waals surface area contributed by atoms with E-state index >= 15 is 0 Å². The fourth-order valence-corrected chi connectivity index (χ4v) is 3.68. The molecule has 0 aliphatic carbocycles. The van der Waals surface area contributed by atoms with Crippen LogP contribution in [0.2, 0.25) is 10.0 Å². The first-order valence-corrected chi connectivity index (χ1v) is 9.26. The van der Waals surface area contributed by atoms with Gasteiger partial charge in [-0.1, -0.05) is 23.2 Å². The highest BCUT2D eigenvalue weighted by Gasteiger charge is 2.25. The summed E-state index contributed by atoms with van der Waals surface area (Å²) < 4.78 is 33.2. The van der Waals surface area contributed by atoms with E-state index in [1.165, 1.54) is 30.0 Å². The van der Waals surface area contributed by atoms with Crippen molar-refractivity contribution in [3.05, 3.63) is 45.7 Å². The van der Waals surface area contributed by atoms with Gasteiger partial charge in [0.1, 0.15) is 0 Å². The van der Waals surface area contributed by atoms with Crippen LogP contribution in [0.5, 0.6) is 0 Å². The fourth-order valence-electron chi connectivity index (χ4n) is 2.05. The number of anilines is 1. The maximum absolute atomic E-state index is 12.6. The number of rotatable bonds is 4. The molecule has 0 bridgehead atoms. The molecule has 3 aromatic rings. The molecule has 1 N–H and O–H groups in total. The van der Waals surface area contributed by atoms with E-state index in [0.717, 1.165) is 0 Å². The maximum atomic E-state index is 12.6. The number of nitrogens with zero attached hydrogens (tertiary/aromatic N) is 4. The lowest BCUT2D eigenvalue weighted by Gasteiger charge is -2.11. The van der Waals surface area contributed by atoms with Gasteiger partial charge in [0.05, 0.1) is 28.4 Å². The van der Waals surface area contributed by atoms with Gasteiger partial charge in [0, 0.05) is 11.9 Å². The Bertz CT molecular complexity index is 1130. The van der Waals surface area contributed by atoms with Crippen LogP contribution in [0.15, 0.2) is 29.6 Å². The zero-order valence-corrected chi connectivity index (χ0v) is 15.7. The number of sulfonamides is 1. The van der Waals surface area contributed by atoms with Gasteiger partial charge in [-0.15, -0.1) is 5.10 Å². The van der Waals surface area contributed by atoms with Crippen LogP contribution < -0.4 is 4.72 Å². The minimum atomic E-state index is -4.24. The van der Waals surface area contributed by atoms with Crippen molar-refractivity contribution in [3.63, 3.8) is 0 Å². The van der Waals surface area contributed by atoms with E-state index in [0.29, 0.717) is 5.69 Å². The average molecular weight is 416 g/mol. The van der Waals surface area contributed by atoms with Crippen molar-refractivity contribution in [2.75, 3.05) is 11.8 Å². The summed E-state index contributed by atoms with van der Waals surface area (Å²) in [6.07, 6.45) is 1.53. The number of carbonyl (C=O) groups excluding carboxylic acids is 1. The van der Waals surface area contributed by atoms with E-state index in [2.05, 4.69) is 24.5 Å². The Morgan fingerprint density at radius 3 is 2.65 bits per heavy atom. The molecule has 0 radical (unpaired) electrons. The second-order valence-corrected chi connectivity index (χ2v) is 7.45. The van der Waals surface area contributed by atoms with Gasteiger partial charge in [-0.3, -0.25) is 4.72 Å². The molecule has 0 spiro atoms. The van der Waals surface area contributed by atoms with Gasteiger partial charge in [0.15, 0.2) is 0 Å². The second-order valence-electron chi connectivity index (χ2n) is 5.09. The molecule has 2 aromatic heterocycles. The van der Waals surface area contributed by atoms with Crippen LogP contribution in [0.4, 0.5) is 5.69 Å². The van der Waals surface area contributed by atoms with Gasteiger partial charge in [0.2, 0.25) is 0 Å². The molecule has 0 aliphatic rings. The first-order chi connectivity index (χ1) is 12.2. The topological polar surface area (TPSA) is 116 Å². The summed E-state index contributed by atoms with van der Waals surface area (Å²) in [4.78, 5) is 19.7. The standard InChI is InChI=1S/C14H11Cl2N5O4S/c1-7-5-6-21-13(17-7)18-14(19-21)26(23,24)20-11-9(15)4-3-8(10(11)16)12(22)25-2/h3-6,20H,1-2H3. The number of carbonyl (C=O) groups is 1. The fraction of sp³-hybridized carbons (Fsp3) is 0.143. The van der Waals surface area contributed by atoms with Crippen molar-refractivity contribution in [1.82, 2.24) is 19.6 Å². The zero-order chi connectivity index (χ0) is 19.1. The zero-order valence-electron chi connectivity index (χ0n) is 13.4. The molecule has 9 nitrogen and oxygen atoms in total.